The highest BCUT2D eigenvalue weighted by molar-refractivity contribution is 6.36. The van der Waals surface area contributed by atoms with E-state index in [1.807, 2.05) is 0 Å². The van der Waals surface area contributed by atoms with Crippen LogP contribution >= 0.6 is 23.2 Å². The summed E-state index contributed by atoms with van der Waals surface area (Å²) in [5.74, 6) is -0.298. The van der Waals surface area contributed by atoms with Crippen molar-refractivity contribution in [3.8, 4) is 5.75 Å². The molecule has 0 aliphatic carbocycles. The van der Waals surface area contributed by atoms with Gasteiger partial charge in [0.25, 0.3) is 0 Å². The number of ketones is 1. The van der Waals surface area contributed by atoms with Gasteiger partial charge < -0.3 is 5.11 Å². The van der Waals surface area contributed by atoms with Gasteiger partial charge in [0.15, 0.2) is 5.78 Å². The van der Waals surface area contributed by atoms with Crippen LogP contribution < -0.4 is 0 Å². The summed E-state index contributed by atoms with van der Waals surface area (Å²) >= 11 is 11.5. The van der Waals surface area contributed by atoms with Gasteiger partial charge in [0.1, 0.15) is 11.1 Å². The highest BCUT2D eigenvalue weighted by atomic mass is 35.5. The summed E-state index contributed by atoms with van der Waals surface area (Å²) in [7, 11) is 0. The summed E-state index contributed by atoms with van der Waals surface area (Å²) in [5, 5.41) is 8.81. The molecule has 0 aliphatic rings. The Balaban J connectivity index is 3.20. The Morgan fingerprint density at radius 1 is 1.54 bits per heavy atom. The molecule has 1 unspecified atom stereocenters. The molecular weight excluding hydrogens is 211 g/mol. The Bertz CT molecular complexity index is 316. The summed E-state index contributed by atoms with van der Waals surface area (Å²) < 4.78 is 0. The number of alkyl halides is 1. The largest absolute Gasteiger partial charge is 0.508 e. The van der Waals surface area contributed by atoms with Gasteiger partial charge in [-0.2, -0.15) is 0 Å². The van der Waals surface area contributed by atoms with Crippen molar-refractivity contribution in [2.24, 2.45) is 0 Å². The van der Waals surface area contributed by atoms with E-state index in [2.05, 4.69) is 0 Å². The van der Waals surface area contributed by atoms with Crippen molar-refractivity contribution < 1.29 is 9.90 Å². The Hall–Kier alpha value is -0.730. The standard InChI is InChI=1S/C9H8Cl2O2/c1-5(12)9(11)8-6(10)3-2-4-7(8)13/h2-4,9,13H,1H3. The molecule has 1 atom stereocenters. The number of hydrogen-bond acceptors (Lipinski definition) is 2. The predicted molar refractivity (Wildman–Crippen MR) is 52.4 cm³/mol. The maximum absolute atomic E-state index is 10.9. The first-order valence-corrected chi connectivity index (χ1v) is 4.47. The zero-order valence-electron chi connectivity index (χ0n) is 6.92. The van der Waals surface area contributed by atoms with Crippen LogP contribution in [0.15, 0.2) is 18.2 Å². The van der Waals surface area contributed by atoms with Crippen LogP contribution in [0.1, 0.15) is 17.9 Å². The van der Waals surface area contributed by atoms with Crippen LogP contribution in [0.3, 0.4) is 0 Å². The fraction of sp³-hybridized carbons (Fsp3) is 0.222. The zero-order chi connectivity index (χ0) is 10.0. The maximum Gasteiger partial charge on any atom is 0.152 e. The van der Waals surface area contributed by atoms with Crippen LogP contribution in [-0.4, -0.2) is 10.9 Å². The van der Waals surface area contributed by atoms with Crippen molar-refractivity contribution >= 4 is 29.0 Å². The molecule has 0 saturated carbocycles. The van der Waals surface area contributed by atoms with Crippen molar-refractivity contribution in [1.29, 1.82) is 0 Å². The molecule has 13 heavy (non-hydrogen) atoms. The second kappa shape index (κ2) is 3.99. The Labute approximate surface area is 86.1 Å². The molecule has 0 radical (unpaired) electrons. The molecule has 0 heterocycles. The van der Waals surface area contributed by atoms with Gasteiger partial charge in [-0.25, -0.2) is 0 Å². The molecule has 1 aromatic carbocycles. The van der Waals surface area contributed by atoms with Gasteiger partial charge in [-0.1, -0.05) is 17.7 Å². The van der Waals surface area contributed by atoms with Crippen molar-refractivity contribution in [3.05, 3.63) is 28.8 Å². The molecule has 0 fully saturated rings. The quantitative estimate of drug-likeness (QED) is 0.776. The number of carbonyl (C=O) groups is 1. The average Bonchev–Trinajstić information content (AvgIpc) is 2.03. The third-order valence-corrected chi connectivity index (χ3v) is 2.50. The number of halogens is 2. The lowest BCUT2D eigenvalue weighted by molar-refractivity contribution is -0.116. The maximum atomic E-state index is 10.9. The molecule has 1 N–H and O–H groups in total. The summed E-state index contributed by atoms with van der Waals surface area (Å²) in [6, 6.07) is 4.61. The van der Waals surface area contributed by atoms with Gasteiger partial charge in [0.05, 0.1) is 0 Å². The smallest absolute Gasteiger partial charge is 0.152 e. The minimum Gasteiger partial charge on any atom is -0.508 e. The molecule has 0 aliphatic heterocycles. The molecule has 4 heteroatoms. The SMILES string of the molecule is CC(=O)C(Cl)c1c(O)cccc1Cl. The van der Waals surface area contributed by atoms with E-state index in [1.165, 1.54) is 13.0 Å². The van der Waals surface area contributed by atoms with Crippen LogP contribution in [0, 0.1) is 0 Å². The number of Topliss-reactive ketones (excluding diaryl/α,β-unsaturated/α-hetero) is 1. The van der Waals surface area contributed by atoms with Crippen LogP contribution in [0.5, 0.6) is 5.75 Å². The summed E-state index contributed by atoms with van der Waals surface area (Å²) in [5.41, 5.74) is 0.276. The van der Waals surface area contributed by atoms with E-state index in [0.717, 1.165) is 0 Å². The second-order valence-electron chi connectivity index (χ2n) is 2.65. The average molecular weight is 219 g/mol. The highest BCUT2D eigenvalue weighted by Crippen LogP contribution is 2.35. The monoisotopic (exact) mass is 218 g/mol. The van der Waals surface area contributed by atoms with E-state index in [-0.39, 0.29) is 17.1 Å². The molecule has 2 nitrogen and oxygen atoms in total. The van der Waals surface area contributed by atoms with Crippen molar-refractivity contribution in [2.75, 3.05) is 0 Å². The van der Waals surface area contributed by atoms with Gasteiger partial charge >= 0.3 is 0 Å². The minimum atomic E-state index is -0.881. The molecule has 1 aromatic rings. The van der Waals surface area contributed by atoms with Crippen molar-refractivity contribution in [1.82, 2.24) is 0 Å². The summed E-state index contributed by atoms with van der Waals surface area (Å²) in [6.45, 7) is 1.35. The highest BCUT2D eigenvalue weighted by Gasteiger charge is 2.19. The topological polar surface area (TPSA) is 37.3 Å². The van der Waals surface area contributed by atoms with E-state index < -0.39 is 5.38 Å². The first-order chi connectivity index (χ1) is 6.04. The van der Waals surface area contributed by atoms with Crippen LogP contribution in [0.25, 0.3) is 0 Å². The number of hydrogen-bond donors (Lipinski definition) is 1. The summed E-state index contributed by atoms with van der Waals surface area (Å²) in [4.78, 5) is 10.9. The van der Waals surface area contributed by atoms with Crippen molar-refractivity contribution in [3.63, 3.8) is 0 Å². The number of benzene rings is 1. The Morgan fingerprint density at radius 3 is 2.62 bits per heavy atom. The first kappa shape index (κ1) is 10.4. The number of phenolic OH excluding ortho intramolecular Hbond substituents is 1. The van der Waals surface area contributed by atoms with Gasteiger partial charge in [-0.05, 0) is 19.1 Å². The Kier molecular flexibility index (Phi) is 3.17. The van der Waals surface area contributed by atoms with Crippen molar-refractivity contribution in [2.45, 2.75) is 12.3 Å². The lowest BCUT2D eigenvalue weighted by Gasteiger charge is -2.09. The molecule has 0 aromatic heterocycles. The lowest BCUT2D eigenvalue weighted by Crippen LogP contribution is -2.02. The fourth-order valence-corrected chi connectivity index (χ4v) is 1.54. The van der Waals surface area contributed by atoms with E-state index in [9.17, 15) is 9.90 Å². The third-order valence-electron chi connectivity index (χ3n) is 1.64. The van der Waals surface area contributed by atoms with Gasteiger partial charge in [0.2, 0.25) is 0 Å². The van der Waals surface area contributed by atoms with E-state index >= 15 is 0 Å². The molecule has 0 saturated heterocycles. The van der Waals surface area contributed by atoms with Gasteiger partial charge in [-0.15, -0.1) is 11.6 Å². The van der Waals surface area contributed by atoms with Gasteiger partial charge in [0, 0.05) is 10.6 Å². The molecule has 0 bridgehead atoms. The number of phenols is 1. The van der Waals surface area contributed by atoms with E-state index in [0.29, 0.717) is 5.02 Å². The molecule has 70 valence electrons. The zero-order valence-corrected chi connectivity index (χ0v) is 8.43. The minimum absolute atomic E-state index is 0.0531. The Morgan fingerprint density at radius 2 is 2.15 bits per heavy atom. The number of rotatable bonds is 2. The van der Waals surface area contributed by atoms with E-state index in [4.69, 9.17) is 23.2 Å². The molecule has 0 spiro atoms. The summed E-state index contributed by atoms with van der Waals surface area (Å²) in [6.07, 6.45) is 0. The van der Waals surface area contributed by atoms with Crippen LogP contribution in [-0.2, 0) is 4.79 Å². The first-order valence-electron chi connectivity index (χ1n) is 3.66. The third kappa shape index (κ3) is 2.14. The predicted octanol–water partition coefficient (Wildman–Crippen LogP) is 2.91. The molecule has 0 amide bonds. The number of aromatic hydroxyl groups is 1. The second-order valence-corrected chi connectivity index (χ2v) is 3.49. The van der Waals surface area contributed by atoms with Crippen LogP contribution in [0.4, 0.5) is 0 Å². The molecule has 1 rings (SSSR count). The number of carbonyl (C=O) groups excluding carboxylic acids is 1. The normalized spacial score (nSPS) is 12.5. The van der Waals surface area contributed by atoms with E-state index in [1.54, 1.807) is 12.1 Å². The fourth-order valence-electron chi connectivity index (χ4n) is 0.980. The van der Waals surface area contributed by atoms with Crippen LogP contribution in [0.2, 0.25) is 5.02 Å². The molecular formula is C9H8Cl2O2. The lowest BCUT2D eigenvalue weighted by atomic mass is 10.1. The van der Waals surface area contributed by atoms with Gasteiger partial charge in [-0.3, -0.25) is 4.79 Å².